The Morgan fingerprint density at radius 2 is 2.31 bits per heavy atom. The van der Waals surface area contributed by atoms with Crippen molar-refractivity contribution < 1.29 is 9.59 Å². The molecule has 0 unspecified atom stereocenters. The Bertz CT molecular complexity index is 409. The average Bonchev–Trinajstić information content (AvgIpc) is 2.87. The minimum atomic E-state index is -0.151. The van der Waals surface area contributed by atoms with Gasteiger partial charge in [0.2, 0.25) is 11.8 Å². The molecule has 16 heavy (non-hydrogen) atoms. The molecule has 0 radical (unpaired) electrons. The zero-order valence-electron chi connectivity index (χ0n) is 9.06. The molecule has 1 aromatic rings. The fraction of sp³-hybridized carbons (Fsp3) is 0.500. The summed E-state index contributed by atoms with van der Waals surface area (Å²) in [5.41, 5.74) is 0.603. The number of aromatic nitrogens is 2. The normalized spacial score (nSPS) is 14.6. The molecule has 0 aliphatic heterocycles. The summed E-state index contributed by atoms with van der Waals surface area (Å²) < 4.78 is 1.50. The van der Waals surface area contributed by atoms with E-state index in [-0.39, 0.29) is 18.4 Å². The monoisotopic (exact) mass is 222 g/mol. The molecule has 1 heterocycles. The topological polar surface area (TPSA) is 76.0 Å². The lowest BCUT2D eigenvalue weighted by Gasteiger charge is -2.02. The van der Waals surface area contributed by atoms with Gasteiger partial charge >= 0.3 is 0 Å². The summed E-state index contributed by atoms with van der Waals surface area (Å²) in [6.45, 7) is 1.62. The third-order valence-corrected chi connectivity index (χ3v) is 2.20. The second-order valence-corrected chi connectivity index (χ2v) is 3.95. The number of anilines is 1. The molecule has 1 aliphatic rings. The van der Waals surface area contributed by atoms with Crippen LogP contribution < -0.4 is 10.6 Å². The average molecular weight is 222 g/mol. The number of nitrogens with zero attached hydrogens (tertiary/aromatic N) is 2. The minimum Gasteiger partial charge on any atom is -0.352 e. The van der Waals surface area contributed by atoms with E-state index in [0.717, 1.165) is 12.8 Å². The van der Waals surface area contributed by atoms with Crippen LogP contribution in [0.1, 0.15) is 19.8 Å². The van der Waals surface area contributed by atoms with Gasteiger partial charge < -0.3 is 10.6 Å². The van der Waals surface area contributed by atoms with Gasteiger partial charge in [-0.15, -0.1) is 0 Å². The molecule has 1 aromatic heterocycles. The van der Waals surface area contributed by atoms with Crippen molar-refractivity contribution >= 4 is 17.5 Å². The number of amides is 2. The largest absolute Gasteiger partial charge is 0.352 e. The molecule has 6 nitrogen and oxygen atoms in total. The summed E-state index contributed by atoms with van der Waals surface area (Å²) in [6.07, 6.45) is 5.30. The van der Waals surface area contributed by atoms with Gasteiger partial charge in [0.1, 0.15) is 6.54 Å². The van der Waals surface area contributed by atoms with Crippen LogP contribution in [0.5, 0.6) is 0 Å². The number of carbonyl (C=O) groups excluding carboxylic acids is 2. The second-order valence-electron chi connectivity index (χ2n) is 3.95. The molecule has 1 fully saturated rings. The molecular weight excluding hydrogens is 208 g/mol. The number of hydrogen-bond acceptors (Lipinski definition) is 3. The molecule has 0 spiro atoms. The Kier molecular flexibility index (Phi) is 2.89. The Balaban J connectivity index is 1.86. The third-order valence-electron chi connectivity index (χ3n) is 2.20. The zero-order valence-corrected chi connectivity index (χ0v) is 9.06. The smallest absolute Gasteiger partial charge is 0.241 e. The van der Waals surface area contributed by atoms with Crippen LogP contribution in [-0.4, -0.2) is 27.6 Å². The molecule has 0 saturated heterocycles. The second kappa shape index (κ2) is 4.34. The molecule has 1 aliphatic carbocycles. The standard InChI is InChI=1S/C10H14N4O2/c1-7(15)12-9-4-11-14(5-9)6-10(16)13-8-2-3-8/h4-5,8H,2-3,6H2,1H3,(H,12,15)(H,13,16). The van der Waals surface area contributed by atoms with Gasteiger partial charge in [0.05, 0.1) is 11.9 Å². The van der Waals surface area contributed by atoms with E-state index in [9.17, 15) is 9.59 Å². The van der Waals surface area contributed by atoms with Crippen molar-refractivity contribution in [3.8, 4) is 0 Å². The first-order chi connectivity index (χ1) is 7.63. The van der Waals surface area contributed by atoms with Crippen molar-refractivity contribution in [2.45, 2.75) is 32.4 Å². The van der Waals surface area contributed by atoms with E-state index in [2.05, 4.69) is 15.7 Å². The summed E-state index contributed by atoms with van der Waals surface area (Å²) in [6, 6.07) is 0.359. The van der Waals surface area contributed by atoms with Crippen molar-refractivity contribution in [2.75, 3.05) is 5.32 Å². The van der Waals surface area contributed by atoms with Crippen molar-refractivity contribution in [1.29, 1.82) is 0 Å². The van der Waals surface area contributed by atoms with Gasteiger partial charge in [0, 0.05) is 19.2 Å². The Morgan fingerprint density at radius 1 is 1.56 bits per heavy atom. The molecule has 0 bridgehead atoms. The molecule has 0 atom stereocenters. The van der Waals surface area contributed by atoms with E-state index in [0.29, 0.717) is 11.7 Å². The highest BCUT2D eigenvalue weighted by Gasteiger charge is 2.23. The van der Waals surface area contributed by atoms with Gasteiger partial charge in [-0.1, -0.05) is 0 Å². The van der Waals surface area contributed by atoms with Gasteiger partial charge in [-0.25, -0.2) is 0 Å². The first-order valence-electron chi connectivity index (χ1n) is 5.23. The lowest BCUT2D eigenvalue weighted by atomic mass is 10.5. The van der Waals surface area contributed by atoms with Crippen molar-refractivity contribution in [1.82, 2.24) is 15.1 Å². The molecule has 1 saturated carbocycles. The summed E-state index contributed by atoms with van der Waals surface area (Å²) >= 11 is 0. The van der Waals surface area contributed by atoms with Crippen LogP contribution in [0.4, 0.5) is 5.69 Å². The Morgan fingerprint density at radius 3 is 2.94 bits per heavy atom. The van der Waals surface area contributed by atoms with Crippen LogP contribution in [0, 0.1) is 0 Å². The van der Waals surface area contributed by atoms with Gasteiger partial charge in [0.15, 0.2) is 0 Å². The summed E-state index contributed by atoms with van der Waals surface area (Å²) in [5.74, 6) is -0.193. The van der Waals surface area contributed by atoms with Gasteiger partial charge in [-0.05, 0) is 12.8 Å². The maximum atomic E-state index is 11.4. The van der Waals surface area contributed by atoms with E-state index < -0.39 is 0 Å². The first-order valence-corrected chi connectivity index (χ1v) is 5.23. The summed E-state index contributed by atoms with van der Waals surface area (Å²) in [4.78, 5) is 22.2. The highest BCUT2D eigenvalue weighted by molar-refractivity contribution is 5.88. The maximum absolute atomic E-state index is 11.4. The number of hydrogen-bond donors (Lipinski definition) is 2. The minimum absolute atomic E-state index is 0.0417. The fourth-order valence-electron chi connectivity index (χ4n) is 1.37. The molecule has 2 amide bonds. The predicted octanol–water partition coefficient (Wildman–Crippen LogP) is 0.120. The summed E-state index contributed by atoms with van der Waals surface area (Å²) in [7, 11) is 0. The van der Waals surface area contributed by atoms with E-state index >= 15 is 0 Å². The van der Waals surface area contributed by atoms with Crippen molar-refractivity contribution in [2.24, 2.45) is 0 Å². The van der Waals surface area contributed by atoms with Gasteiger partial charge in [-0.2, -0.15) is 5.10 Å². The van der Waals surface area contributed by atoms with Crippen LogP contribution >= 0.6 is 0 Å². The fourth-order valence-corrected chi connectivity index (χ4v) is 1.37. The van der Waals surface area contributed by atoms with Gasteiger partial charge in [0.25, 0.3) is 0 Å². The zero-order chi connectivity index (χ0) is 11.5. The highest BCUT2D eigenvalue weighted by atomic mass is 16.2. The van der Waals surface area contributed by atoms with Crippen molar-refractivity contribution in [3.63, 3.8) is 0 Å². The first kappa shape index (κ1) is 10.7. The third kappa shape index (κ3) is 3.08. The quantitative estimate of drug-likeness (QED) is 0.759. The van der Waals surface area contributed by atoms with E-state index in [1.165, 1.54) is 17.8 Å². The lowest BCUT2D eigenvalue weighted by Crippen LogP contribution is -2.29. The van der Waals surface area contributed by atoms with E-state index in [1.807, 2.05) is 0 Å². The van der Waals surface area contributed by atoms with Crippen LogP contribution in [-0.2, 0) is 16.1 Å². The van der Waals surface area contributed by atoms with E-state index in [1.54, 1.807) is 6.20 Å². The molecule has 6 heteroatoms. The molecule has 0 aromatic carbocycles. The molecule has 2 N–H and O–H groups in total. The highest BCUT2D eigenvalue weighted by Crippen LogP contribution is 2.18. The molecular formula is C10H14N4O2. The summed E-state index contributed by atoms with van der Waals surface area (Å²) in [5, 5.41) is 9.44. The number of nitrogens with one attached hydrogen (secondary N) is 2. The lowest BCUT2D eigenvalue weighted by molar-refractivity contribution is -0.122. The predicted molar refractivity (Wildman–Crippen MR) is 57.7 cm³/mol. The van der Waals surface area contributed by atoms with Crippen LogP contribution in [0.3, 0.4) is 0 Å². The number of rotatable bonds is 4. The van der Waals surface area contributed by atoms with Crippen LogP contribution in [0.2, 0.25) is 0 Å². The number of carbonyl (C=O) groups is 2. The molecule has 86 valence electrons. The van der Waals surface area contributed by atoms with Crippen molar-refractivity contribution in [3.05, 3.63) is 12.4 Å². The Labute approximate surface area is 93.0 Å². The SMILES string of the molecule is CC(=O)Nc1cnn(CC(=O)NC2CC2)c1. The maximum Gasteiger partial charge on any atom is 0.241 e. The van der Waals surface area contributed by atoms with Crippen LogP contribution in [0.25, 0.3) is 0 Å². The van der Waals surface area contributed by atoms with E-state index in [4.69, 9.17) is 0 Å². The Hall–Kier alpha value is -1.85. The van der Waals surface area contributed by atoms with Gasteiger partial charge in [-0.3, -0.25) is 14.3 Å². The molecule has 2 rings (SSSR count). The van der Waals surface area contributed by atoms with Crippen LogP contribution in [0.15, 0.2) is 12.4 Å².